The van der Waals surface area contributed by atoms with E-state index in [2.05, 4.69) is 4.98 Å². The van der Waals surface area contributed by atoms with Crippen molar-refractivity contribution in [1.29, 1.82) is 0 Å². The number of hydrogen-bond acceptors (Lipinski definition) is 4. The zero-order valence-corrected chi connectivity index (χ0v) is 8.10. The maximum absolute atomic E-state index is 10.3. The summed E-state index contributed by atoms with van der Waals surface area (Å²) in [6.07, 6.45) is 3.08. The molecule has 0 fully saturated rings. The van der Waals surface area contributed by atoms with E-state index in [1.165, 1.54) is 6.20 Å². The van der Waals surface area contributed by atoms with Crippen LogP contribution in [-0.2, 0) is 4.74 Å². The first-order valence-corrected chi connectivity index (χ1v) is 4.40. The van der Waals surface area contributed by atoms with Crippen LogP contribution in [0.4, 0.5) is 0 Å². The van der Waals surface area contributed by atoms with E-state index in [1.54, 1.807) is 19.2 Å². The van der Waals surface area contributed by atoms with Crippen LogP contribution in [-0.4, -0.2) is 31.6 Å². The molecule has 0 aliphatic heterocycles. The average Bonchev–Trinajstić information content (AvgIpc) is 2.25. The molecule has 0 aliphatic rings. The molecular formula is C10H13NO3. The highest BCUT2D eigenvalue weighted by Crippen LogP contribution is 2.08. The third-order valence-electron chi connectivity index (χ3n) is 1.64. The van der Waals surface area contributed by atoms with Gasteiger partial charge in [-0.25, -0.2) is 4.98 Å². The molecule has 4 heteroatoms. The number of aromatic nitrogens is 1. The van der Waals surface area contributed by atoms with Gasteiger partial charge in [-0.15, -0.1) is 0 Å². The second-order valence-electron chi connectivity index (χ2n) is 2.73. The van der Waals surface area contributed by atoms with Gasteiger partial charge < -0.3 is 9.47 Å². The fourth-order valence-corrected chi connectivity index (χ4v) is 0.940. The zero-order valence-electron chi connectivity index (χ0n) is 8.10. The number of nitrogens with zero attached hydrogens (tertiary/aromatic N) is 1. The molecule has 0 N–H and O–H groups in total. The van der Waals surface area contributed by atoms with E-state index in [4.69, 9.17) is 9.47 Å². The minimum atomic E-state index is 0.411. The maximum atomic E-state index is 10.3. The average molecular weight is 195 g/mol. The van der Waals surface area contributed by atoms with Crippen LogP contribution in [0.25, 0.3) is 0 Å². The Hall–Kier alpha value is -1.42. The molecule has 76 valence electrons. The van der Waals surface area contributed by atoms with Gasteiger partial charge in [-0.05, 0) is 12.1 Å². The number of methoxy groups -OCH3 is 1. The van der Waals surface area contributed by atoms with Crippen molar-refractivity contribution in [1.82, 2.24) is 4.98 Å². The fourth-order valence-electron chi connectivity index (χ4n) is 0.940. The number of pyridine rings is 1. The summed E-state index contributed by atoms with van der Waals surface area (Å²) in [6, 6.07) is 3.35. The van der Waals surface area contributed by atoms with Crippen molar-refractivity contribution >= 4 is 6.29 Å². The van der Waals surface area contributed by atoms with Crippen molar-refractivity contribution in [2.24, 2.45) is 0 Å². The quantitative estimate of drug-likeness (QED) is 0.507. The number of hydrogen-bond donors (Lipinski definition) is 0. The number of rotatable bonds is 6. The lowest BCUT2D eigenvalue weighted by atomic mass is 10.3. The van der Waals surface area contributed by atoms with Gasteiger partial charge in [-0.3, -0.25) is 4.79 Å². The molecule has 0 bridgehead atoms. The summed E-state index contributed by atoms with van der Waals surface area (Å²) >= 11 is 0. The molecule has 0 aliphatic carbocycles. The number of carbonyl (C=O) groups is 1. The lowest BCUT2D eigenvalue weighted by molar-refractivity contribution is 0.111. The lowest BCUT2D eigenvalue weighted by Gasteiger charge is -2.04. The molecule has 0 unspecified atom stereocenters. The van der Waals surface area contributed by atoms with Crippen LogP contribution in [0, 0.1) is 0 Å². The molecule has 1 heterocycles. The molecule has 14 heavy (non-hydrogen) atoms. The summed E-state index contributed by atoms with van der Waals surface area (Å²) < 4.78 is 10.2. The Balaban J connectivity index is 2.32. The summed E-state index contributed by atoms with van der Waals surface area (Å²) in [5.74, 6) is 0.673. The van der Waals surface area contributed by atoms with E-state index in [9.17, 15) is 4.79 Å². The highest BCUT2D eigenvalue weighted by Gasteiger charge is 1.95. The summed E-state index contributed by atoms with van der Waals surface area (Å²) in [6.45, 7) is 1.27. The molecule has 1 aromatic heterocycles. The van der Waals surface area contributed by atoms with E-state index >= 15 is 0 Å². The first-order chi connectivity index (χ1) is 6.86. The van der Waals surface area contributed by atoms with Crippen LogP contribution in [0.15, 0.2) is 18.3 Å². The van der Waals surface area contributed by atoms with Gasteiger partial charge in [0, 0.05) is 20.1 Å². The maximum Gasteiger partial charge on any atom is 0.168 e. The second-order valence-corrected chi connectivity index (χ2v) is 2.73. The third-order valence-corrected chi connectivity index (χ3v) is 1.64. The molecule has 0 spiro atoms. The van der Waals surface area contributed by atoms with Gasteiger partial charge in [0.05, 0.1) is 12.8 Å². The van der Waals surface area contributed by atoms with Gasteiger partial charge in [0.25, 0.3) is 0 Å². The smallest absolute Gasteiger partial charge is 0.168 e. The number of ether oxygens (including phenoxy) is 2. The predicted octanol–water partition coefficient (Wildman–Crippen LogP) is 1.31. The summed E-state index contributed by atoms with van der Waals surface area (Å²) in [4.78, 5) is 14.2. The van der Waals surface area contributed by atoms with E-state index < -0.39 is 0 Å². The van der Waals surface area contributed by atoms with Gasteiger partial charge in [-0.2, -0.15) is 0 Å². The van der Waals surface area contributed by atoms with Crippen molar-refractivity contribution in [3.63, 3.8) is 0 Å². The normalized spacial score (nSPS) is 9.79. The first kappa shape index (κ1) is 10.7. The Labute approximate surface area is 82.9 Å². The Bertz CT molecular complexity index is 271. The van der Waals surface area contributed by atoms with Gasteiger partial charge in [0.2, 0.25) is 0 Å². The molecule has 0 amide bonds. The Morgan fingerprint density at radius 3 is 2.86 bits per heavy atom. The van der Waals surface area contributed by atoms with Gasteiger partial charge in [0.1, 0.15) is 11.4 Å². The SMILES string of the molecule is COCCCOc1ccc(C=O)nc1. The predicted molar refractivity (Wildman–Crippen MR) is 51.6 cm³/mol. The molecule has 0 saturated carbocycles. The first-order valence-electron chi connectivity index (χ1n) is 4.40. The molecule has 0 radical (unpaired) electrons. The summed E-state index contributed by atoms with van der Waals surface area (Å²) in [5, 5.41) is 0. The largest absolute Gasteiger partial charge is 0.492 e. The molecule has 0 saturated heterocycles. The highest BCUT2D eigenvalue weighted by molar-refractivity contribution is 5.71. The topological polar surface area (TPSA) is 48.4 Å². The molecule has 0 atom stereocenters. The van der Waals surface area contributed by atoms with E-state index in [0.717, 1.165) is 6.42 Å². The number of aldehydes is 1. The van der Waals surface area contributed by atoms with E-state index in [-0.39, 0.29) is 0 Å². The molecular weight excluding hydrogens is 182 g/mol. The standard InChI is InChI=1S/C10H13NO3/c1-13-5-2-6-14-10-4-3-9(8-12)11-7-10/h3-4,7-8H,2,5-6H2,1H3. The van der Waals surface area contributed by atoms with Gasteiger partial charge >= 0.3 is 0 Å². The highest BCUT2D eigenvalue weighted by atomic mass is 16.5. The van der Waals surface area contributed by atoms with Crippen molar-refractivity contribution in [2.75, 3.05) is 20.3 Å². The van der Waals surface area contributed by atoms with Crippen LogP contribution < -0.4 is 4.74 Å². The minimum absolute atomic E-state index is 0.411. The number of carbonyl (C=O) groups excluding carboxylic acids is 1. The van der Waals surface area contributed by atoms with Gasteiger partial charge in [-0.1, -0.05) is 0 Å². The third kappa shape index (κ3) is 3.53. The van der Waals surface area contributed by atoms with Crippen LogP contribution in [0.1, 0.15) is 16.9 Å². The van der Waals surface area contributed by atoms with Crippen LogP contribution in [0.3, 0.4) is 0 Å². The van der Waals surface area contributed by atoms with Gasteiger partial charge in [0.15, 0.2) is 6.29 Å². The van der Waals surface area contributed by atoms with E-state index in [1.807, 2.05) is 0 Å². The zero-order chi connectivity index (χ0) is 10.2. The molecule has 1 aromatic rings. The van der Waals surface area contributed by atoms with Crippen molar-refractivity contribution in [2.45, 2.75) is 6.42 Å². The fraction of sp³-hybridized carbons (Fsp3) is 0.400. The second kappa shape index (κ2) is 6.10. The van der Waals surface area contributed by atoms with Crippen LogP contribution in [0.5, 0.6) is 5.75 Å². The minimum Gasteiger partial charge on any atom is -0.492 e. The monoisotopic (exact) mass is 195 g/mol. The van der Waals surface area contributed by atoms with Crippen LogP contribution in [0.2, 0.25) is 0 Å². The van der Waals surface area contributed by atoms with Crippen molar-refractivity contribution < 1.29 is 14.3 Å². The van der Waals surface area contributed by atoms with Crippen molar-refractivity contribution in [3.8, 4) is 5.75 Å². The molecule has 4 nitrogen and oxygen atoms in total. The molecule has 1 rings (SSSR count). The van der Waals surface area contributed by atoms with Crippen LogP contribution >= 0.6 is 0 Å². The summed E-state index contributed by atoms with van der Waals surface area (Å²) in [7, 11) is 1.65. The molecule has 0 aromatic carbocycles. The summed E-state index contributed by atoms with van der Waals surface area (Å²) in [5.41, 5.74) is 0.411. The Kier molecular flexibility index (Phi) is 4.64. The Morgan fingerprint density at radius 1 is 1.43 bits per heavy atom. The van der Waals surface area contributed by atoms with Crippen molar-refractivity contribution in [3.05, 3.63) is 24.0 Å². The Morgan fingerprint density at radius 2 is 2.29 bits per heavy atom. The van der Waals surface area contributed by atoms with E-state index in [0.29, 0.717) is 30.9 Å². The lowest BCUT2D eigenvalue weighted by Crippen LogP contribution is -2.01.